The molecule has 1 unspecified atom stereocenters. The minimum Gasteiger partial charge on any atom is -0.345 e. The number of H-pyrrole nitrogens is 1. The van der Waals surface area contributed by atoms with Crippen LogP contribution in [0.1, 0.15) is 60.5 Å². The Morgan fingerprint density at radius 2 is 1.72 bits per heavy atom. The van der Waals surface area contributed by atoms with Crippen LogP contribution >= 0.6 is 0 Å². The van der Waals surface area contributed by atoms with Crippen LogP contribution in [-0.4, -0.2) is 41.0 Å². The number of aromatic amines is 1. The first-order valence-electron chi connectivity index (χ1n) is 8.44. The molecule has 2 rings (SSSR count). The molecule has 0 fully saturated rings. The molecular formula is C19H26N4O2. The van der Waals surface area contributed by atoms with E-state index in [2.05, 4.69) is 53.6 Å². The van der Waals surface area contributed by atoms with Gasteiger partial charge in [0.2, 0.25) is 5.91 Å². The zero-order chi connectivity index (χ0) is 18.6. The van der Waals surface area contributed by atoms with Crippen LogP contribution < -0.4 is 5.32 Å². The summed E-state index contributed by atoms with van der Waals surface area (Å²) in [5, 5.41) is 9.28. The number of carbonyl (C=O) groups is 2. The third-order valence-electron chi connectivity index (χ3n) is 4.20. The first kappa shape index (κ1) is 18.7. The molecule has 2 aromatic rings. The molecule has 1 heterocycles. The average molecular weight is 342 g/mol. The molecule has 6 heteroatoms. The van der Waals surface area contributed by atoms with Crippen molar-refractivity contribution in [2.45, 2.75) is 39.0 Å². The fraction of sp³-hybridized carbons (Fsp3) is 0.421. The lowest BCUT2D eigenvalue weighted by Gasteiger charge is -2.14. The summed E-state index contributed by atoms with van der Waals surface area (Å²) in [6.07, 6.45) is 1.75. The molecule has 0 radical (unpaired) electrons. The van der Waals surface area contributed by atoms with Crippen LogP contribution in [0.3, 0.4) is 0 Å². The first-order valence-corrected chi connectivity index (χ1v) is 8.44. The number of hydrogen-bond donors (Lipinski definition) is 2. The minimum absolute atomic E-state index is 0.0807. The number of carbonyl (C=O) groups excluding carboxylic acids is 2. The van der Waals surface area contributed by atoms with E-state index >= 15 is 0 Å². The second-order valence-electron chi connectivity index (χ2n) is 6.83. The molecule has 0 aliphatic heterocycles. The van der Waals surface area contributed by atoms with Gasteiger partial charge in [0.1, 0.15) is 11.4 Å². The smallest absolute Gasteiger partial charge is 0.258 e. The van der Waals surface area contributed by atoms with Gasteiger partial charge < -0.3 is 10.2 Å². The van der Waals surface area contributed by atoms with Crippen molar-refractivity contribution < 1.29 is 9.59 Å². The van der Waals surface area contributed by atoms with Crippen LogP contribution in [0.4, 0.5) is 5.82 Å². The Morgan fingerprint density at radius 3 is 2.28 bits per heavy atom. The van der Waals surface area contributed by atoms with E-state index in [0.29, 0.717) is 23.7 Å². The number of rotatable bonds is 6. The third kappa shape index (κ3) is 4.68. The van der Waals surface area contributed by atoms with Crippen LogP contribution in [0, 0.1) is 0 Å². The number of nitrogens with zero attached hydrogens (tertiary/aromatic N) is 2. The molecule has 0 aliphatic carbocycles. The minimum atomic E-state index is -0.207. The summed E-state index contributed by atoms with van der Waals surface area (Å²) < 4.78 is 0. The van der Waals surface area contributed by atoms with E-state index in [-0.39, 0.29) is 17.7 Å². The predicted octanol–water partition coefficient (Wildman–Crippen LogP) is 3.37. The summed E-state index contributed by atoms with van der Waals surface area (Å²) in [6, 6.07) is 8.36. The van der Waals surface area contributed by atoms with Gasteiger partial charge in [-0.3, -0.25) is 14.7 Å². The Morgan fingerprint density at radius 1 is 1.12 bits per heavy atom. The summed E-state index contributed by atoms with van der Waals surface area (Å²) in [7, 11) is 3.31. The Hall–Kier alpha value is -2.63. The summed E-state index contributed by atoms with van der Waals surface area (Å²) >= 11 is 0. The van der Waals surface area contributed by atoms with Crippen LogP contribution in [0.15, 0.2) is 30.5 Å². The highest BCUT2D eigenvalue weighted by Crippen LogP contribution is 2.23. The van der Waals surface area contributed by atoms with Crippen molar-refractivity contribution in [1.82, 2.24) is 15.1 Å². The highest BCUT2D eigenvalue weighted by Gasteiger charge is 2.18. The van der Waals surface area contributed by atoms with Gasteiger partial charge in [-0.2, -0.15) is 5.10 Å². The summed E-state index contributed by atoms with van der Waals surface area (Å²) in [4.78, 5) is 25.8. The maximum atomic E-state index is 12.3. The Balaban J connectivity index is 2.00. The lowest BCUT2D eigenvalue weighted by molar-refractivity contribution is -0.116. The lowest BCUT2D eigenvalue weighted by Crippen LogP contribution is -2.23. The molecule has 6 nitrogen and oxygen atoms in total. The zero-order valence-corrected chi connectivity index (χ0v) is 15.5. The van der Waals surface area contributed by atoms with E-state index in [0.717, 1.165) is 5.56 Å². The molecule has 2 amide bonds. The highest BCUT2D eigenvalue weighted by molar-refractivity contribution is 6.02. The molecule has 134 valence electrons. The quantitative estimate of drug-likeness (QED) is 0.845. The van der Waals surface area contributed by atoms with Gasteiger partial charge in [-0.05, 0) is 23.0 Å². The topological polar surface area (TPSA) is 78.1 Å². The van der Waals surface area contributed by atoms with Gasteiger partial charge in [-0.15, -0.1) is 0 Å². The van der Waals surface area contributed by atoms with Crippen molar-refractivity contribution >= 4 is 17.6 Å². The Labute approximate surface area is 148 Å². The van der Waals surface area contributed by atoms with Crippen LogP contribution in [0.5, 0.6) is 0 Å². The van der Waals surface area contributed by atoms with Gasteiger partial charge in [0.05, 0.1) is 6.20 Å². The van der Waals surface area contributed by atoms with Gasteiger partial charge in [0.25, 0.3) is 5.91 Å². The van der Waals surface area contributed by atoms with Crippen LogP contribution in [-0.2, 0) is 4.79 Å². The van der Waals surface area contributed by atoms with Crippen molar-refractivity contribution in [3.8, 4) is 0 Å². The van der Waals surface area contributed by atoms with Crippen LogP contribution in [0.25, 0.3) is 0 Å². The highest BCUT2D eigenvalue weighted by atomic mass is 16.2. The molecule has 0 bridgehead atoms. The van der Waals surface area contributed by atoms with Gasteiger partial charge in [0, 0.05) is 20.5 Å². The molecular weight excluding hydrogens is 316 g/mol. The molecule has 2 N–H and O–H groups in total. The van der Waals surface area contributed by atoms with Gasteiger partial charge in [0.15, 0.2) is 0 Å². The van der Waals surface area contributed by atoms with Gasteiger partial charge in [-0.1, -0.05) is 45.0 Å². The normalized spacial score (nSPS) is 12.1. The first-order chi connectivity index (χ1) is 11.8. The van der Waals surface area contributed by atoms with Gasteiger partial charge in [-0.25, -0.2) is 0 Å². The summed E-state index contributed by atoms with van der Waals surface area (Å²) in [6.45, 7) is 6.33. The van der Waals surface area contributed by atoms with E-state index in [1.807, 2.05) is 6.92 Å². The van der Waals surface area contributed by atoms with Crippen molar-refractivity contribution in [3.05, 3.63) is 47.2 Å². The van der Waals surface area contributed by atoms with Crippen molar-refractivity contribution in [1.29, 1.82) is 0 Å². The molecule has 0 spiro atoms. The molecule has 1 atom stereocenters. The molecule has 1 aromatic heterocycles. The average Bonchev–Trinajstić information content (AvgIpc) is 3.01. The van der Waals surface area contributed by atoms with Crippen molar-refractivity contribution in [3.63, 3.8) is 0 Å². The maximum Gasteiger partial charge on any atom is 0.258 e. The standard InChI is InChI=1S/C19H26N4O2/c1-12(2)14-6-8-15(9-7-14)13(3)10-17(24)21-18-16(11-20-22-18)19(25)23(4)5/h6-9,11-13H,10H2,1-5H3,(H2,20,21,22,24). The van der Waals surface area contributed by atoms with Gasteiger partial charge >= 0.3 is 0 Å². The molecule has 0 aliphatic rings. The fourth-order valence-corrected chi connectivity index (χ4v) is 2.58. The monoisotopic (exact) mass is 342 g/mol. The van der Waals surface area contributed by atoms with E-state index in [1.54, 1.807) is 14.1 Å². The molecule has 25 heavy (non-hydrogen) atoms. The van der Waals surface area contributed by atoms with E-state index in [4.69, 9.17) is 0 Å². The summed E-state index contributed by atoms with van der Waals surface area (Å²) in [5.41, 5.74) is 2.76. The predicted molar refractivity (Wildman–Crippen MR) is 98.8 cm³/mol. The second-order valence-corrected chi connectivity index (χ2v) is 6.83. The second kappa shape index (κ2) is 7.96. The number of nitrogens with one attached hydrogen (secondary N) is 2. The van der Waals surface area contributed by atoms with E-state index in [1.165, 1.54) is 16.7 Å². The SMILES string of the molecule is CC(C)c1ccc(C(C)CC(=O)Nc2[nH]ncc2C(=O)N(C)C)cc1. The Bertz CT molecular complexity index is 732. The number of benzene rings is 1. The zero-order valence-electron chi connectivity index (χ0n) is 15.5. The maximum absolute atomic E-state index is 12.3. The molecule has 0 saturated heterocycles. The van der Waals surface area contributed by atoms with E-state index in [9.17, 15) is 9.59 Å². The number of hydrogen-bond acceptors (Lipinski definition) is 3. The van der Waals surface area contributed by atoms with Crippen molar-refractivity contribution in [2.75, 3.05) is 19.4 Å². The number of anilines is 1. The number of amides is 2. The summed E-state index contributed by atoms with van der Waals surface area (Å²) in [5.74, 6) is 0.544. The lowest BCUT2D eigenvalue weighted by atomic mass is 9.94. The van der Waals surface area contributed by atoms with Crippen molar-refractivity contribution in [2.24, 2.45) is 0 Å². The molecule has 1 aromatic carbocycles. The van der Waals surface area contributed by atoms with E-state index < -0.39 is 0 Å². The molecule has 0 saturated carbocycles. The third-order valence-corrected chi connectivity index (χ3v) is 4.20. The largest absolute Gasteiger partial charge is 0.345 e. The fourth-order valence-electron chi connectivity index (χ4n) is 2.58. The Kier molecular flexibility index (Phi) is 5.96. The number of aromatic nitrogens is 2. The van der Waals surface area contributed by atoms with Crippen LogP contribution in [0.2, 0.25) is 0 Å².